The monoisotopic (exact) mass is 208 g/mol. The summed E-state index contributed by atoms with van der Waals surface area (Å²) < 4.78 is 4.50. The third-order valence-electron chi connectivity index (χ3n) is 1.37. The number of rotatable bonds is 2. The van der Waals surface area contributed by atoms with Gasteiger partial charge in [-0.2, -0.15) is 0 Å². The second kappa shape index (κ2) is 7.32. The first-order valence-corrected chi connectivity index (χ1v) is 4.10. The first-order chi connectivity index (χ1) is 7.11. The lowest BCUT2D eigenvalue weighted by Crippen LogP contribution is -1.99. The summed E-state index contributed by atoms with van der Waals surface area (Å²) in [5.74, 6) is -1.27. The molecule has 0 bridgehead atoms. The summed E-state index contributed by atoms with van der Waals surface area (Å²) >= 11 is 0. The summed E-state index contributed by atoms with van der Waals surface area (Å²) in [5.41, 5.74) is 0.588. The molecule has 0 spiro atoms. The molecule has 1 rings (SSSR count). The van der Waals surface area contributed by atoms with E-state index in [1.165, 1.54) is 7.11 Å². The SMILES string of the molecule is C=CC(=O)O.COC(=O)c1ccccc1. The van der Waals surface area contributed by atoms with E-state index in [0.717, 1.165) is 6.08 Å². The van der Waals surface area contributed by atoms with Crippen LogP contribution in [0.25, 0.3) is 0 Å². The van der Waals surface area contributed by atoms with E-state index >= 15 is 0 Å². The Morgan fingerprint density at radius 2 is 1.80 bits per heavy atom. The molecule has 0 aliphatic carbocycles. The van der Waals surface area contributed by atoms with Gasteiger partial charge in [0.15, 0.2) is 0 Å². The molecule has 1 N–H and O–H groups in total. The third kappa shape index (κ3) is 6.04. The van der Waals surface area contributed by atoms with Gasteiger partial charge in [0, 0.05) is 6.08 Å². The lowest BCUT2D eigenvalue weighted by Gasteiger charge is -1.95. The van der Waals surface area contributed by atoms with Crippen molar-refractivity contribution in [2.45, 2.75) is 0 Å². The van der Waals surface area contributed by atoms with Crippen LogP contribution in [0.4, 0.5) is 0 Å². The molecule has 4 heteroatoms. The molecule has 1 aromatic carbocycles. The second-order valence-corrected chi connectivity index (χ2v) is 2.40. The van der Waals surface area contributed by atoms with Crippen LogP contribution in [-0.4, -0.2) is 24.2 Å². The molecule has 0 aliphatic rings. The normalized spacial score (nSPS) is 8.07. The number of carbonyl (C=O) groups excluding carboxylic acids is 1. The lowest BCUT2D eigenvalue weighted by atomic mass is 10.2. The fraction of sp³-hybridized carbons (Fsp3) is 0.0909. The number of aliphatic carboxylic acids is 1. The fourth-order valence-electron chi connectivity index (χ4n) is 0.692. The highest BCUT2D eigenvalue weighted by molar-refractivity contribution is 5.89. The number of methoxy groups -OCH3 is 1. The number of hydrogen-bond acceptors (Lipinski definition) is 3. The summed E-state index contributed by atoms with van der Waals surface area (Å²) in [7, 11) is 1.37. The predicted octanol–water partition coefficient (Wildman–Crippen LogP) is 1.73. The quantitative estimate of drug-likeness (QED) is 0.593. The maximum absolute atomic E-state index is 10.8. The van der Waals surface area contributed by atoms with Crippen molar-refractivity contribution < 1.29 is 19.4 Å². The number of benzene rings is 1. The van der Waals surface area contributed by atoms with Gasteiger partial charge in [-0.1, -0.05) is 24.8 Å². The van der Waals surface area contributed by atoms with Crippen LogP contribution < -0.4 is 0 Å². The molecule has 0 saturated carbocycles. The fourth-order valence-corrected chi connectivity index (χ4v) is 0.692. The van der Waals surface area contributed by atoms with Crippen LogP contribution in [0, 0.1) is 0 Å². The van der Waals surface area contributed by atoms with Gasteiger partial charge < -0.3 is 9.84 Å². The van der Waals surface area contributed by atoms with Gasteiger partial charge in [0.1, 0.15) is 0 Å². The van der Waals surface area contributed by atoms with Crippen molar-refractivity contribution in [3.63, 3.8) is 0 Å². The summed E-state index contributed by atoms with van der Waals surface area (Å²) in [6, 6.07) is 8.88. The highest BCUT2D eigenvalue weighted by atomic mass is 16.5. The lowest BCUT2D eigenvalue weighted by molar-refractivity contribution is -0.131. The van der Waals surface area contributed by atoms with E-state index in [1.54, 1.807) is 24.3 Å². The van der Waals surface area contributed by atoms with Crippen molar-refractivity contribution in [1.82, 2.24) is 0 Å². The van der Waals surface area contributed by atoms with Gasteiger partial charge in [-0.05, 0) is 12.1 Å². The maximum atomic E-state index is 10.8. The minimum Gasteiger partial charge on any atom is -0.478 e. The molecule has 0 unspecified atom stereocenters. The predicted molar refractivity (Wildman–Crippen MR) is 55.6 cm³/mol. The van der Waals surface area contributed by atoms with Crippen LogP contribution in [0.5, 0.6) is 0 Å². The van der Waals surface area contributed by atoms with Gasteiger partial charge in [-0.3, -0.25) is 0 Å². The Labute approximate surface area is 87.8 Å². The van der Waals surface area contributed by atoms with Crippen LogP contribution in [0.15, 0.2) is 43.0 Å². The Morgan fingerprint density at radius 3 is 2.13 bits per heavy atom. The number of esters is 1. The molecule has 0 fully saturated rings. The first kappa shape index (κ1) is 12.9. The Bertz CT molecular complexity index is 330. The van der Waals surface area contributed by atoms with Gasteiger partial charge in [0.05, 0.1) is 12.7 Å². The zero-order valence-electron chi connectivity index (χ0n) is 8.34. The first-order valence-electron chi connectivity index (χ1n) is 4.10. The Morgan fingerprint density at radius 1 is 1.33 bits per heavy atom. The van der Waals surface area contributed by atoms with Gasteiger partial charge >= 0.3 is 11.9 Å². The highest BCUT2D eigenvalue weighted by Gasteiger charge is 2.00. The minimum absolute atomic E-state index is 0.291. The summed E-state index contributed by atoms with van der Waals surface area (Å²) in [6.07, 6.45) is 0.833. The van der Waals surface area contributed by atoms with Crippen LogP contribution in [0.1, 0.15) is 10.4 Å². The van der Waals surface area contributed by atoms with Gasteiger partial charge in [0.2, 0.25) is 0 Å². The largest absolute Gasteiger partial charge is 0.478 e. The molecule has 4 nitrogen and oxygen atoms in total. The van der Waals surface area contributed by atoms with E-state index < -0.39 is 5.97 Å². The summed E-state index contributed by atoms with van der Waals surface area (Å²) in [4.78, 5) is 20.0. The Balaban J connectivity index is 0.000000336. The Hall–Kier alpha value is -2.10. The molecular formula is C11H12O4. The van der Waals surface area contributed by atoms with Crippen molar-refractivity contribution in [3.8, 4) is 0 Å². The van der Waals surface area contributed by atoms with Crippen LogP contribution in [0.2, 0.25) is 0 Å². The molecular weight excluding hydrogens is 196 g/mol. The van der Waals surface area contributed by atoms with Crippen molar-refractivity contribution in [2.75, 3.05) is 7.11 Å². The van der Waals surface area contributed by atoms with Gasteiger partial charge in [-0.15, -0.1) is 0 Å². The molecule has 0 radical (unpaired) electrons. The van der Waals surface area contributed by atoms with Gasteiger partial charge in [0.25, 0.3) is 0 Å². The van der Waals surface area contributed by atoms with Crippen LogP contribution >= 0.6 is 0 Å². The van der Waals surface area contributed by atoms with Crippen molar-refractivity contribution in [1.29, 1.82) is 0 Å². The molecule has 15 heavy (non-hydrogen) atoms. The molecule has 80 valence electrons. The second-order valence-electron chi connectivity index (χ2n) is 2.40. The van der Waals surface area contributed by atoms with Gasteiger partial charge in [-0.25, -0.2) is 9.59 Å². The molecule has 0 saturated heterocycles. The average Bonchev–Trinajstić information content (AvgIpc) is 2.30. The zero-order valence-corrected chi connectivity index (χ0v) is 8.34. The number of carboxylic acid groups (broad SMARTS) is 1. The number of carboxylic acids is 1. The Kier molecular flexibility index (Phi) is 6.29. The van der Waals surface area contributed by atoms with E-state index in [0.29, 0.717) is 5.56 Å². The molecule has 0 amide bonds. The summed E-state index contributed by atoms with van der Waals surface area (Å²) in [6.45, 7) is 2.96. The van der Waals surface area contributed by atoms with E-state index in [1.807, 2.05) is 6.07 Å². The highest BCUT2D eigenvalue weighted by Crippen LogP contribution is 1.98. The average molecular weight is 208 g/mol. The minimum atomic E-state index is -0.981. The van der Waals surface area contributed by atoms with E-state index in [9.17, 15) is 9.59 Å². The number of hydrogen-bond donors (Lipinski definition) is 1. The van der Waals surface area contributed by atoms with Crippen LogP contribution in [-0.2, 0) is 9.53 Å². The van der Waals surface area contributed by atoms with Crippen LogP contribution in [0.3, 0.4) is 0 Å². The third-order valence-corrected chi connectivity index (χ3v) is 1.37. The van der Waals surface area contributed by atoms with Crippen molar-refractivity contribution in [3.05, 3.63) is 48.6 Å². The molecule has 0 atom stereocenters. The van der Waals surface area contributed by atoms with Crippen molar-refractivity contribution >= 4 is 11.9 Å². The summed E-state index contributed by atoms with van der Waals surface area (Å²) in [5, 5.41) is 7.60. The molecule has 0 heterocycles. The molecule has 0 aromatic heterocycles. The number of ether oxygens (including phenoxy) is 1. The van der Waals surface area contributed by atoms with E-state index in [4.69, 9.17) is 5.11 Å². The zero-order chi connectivity index (χ0) is 11.7. The number of carbonyl (C=O) groups is 2. The molecule has 1 aromatic rings. The maximum Gasteiger partial charge on any atom is 0.337 e. The molecule has 0 aliphatic heterocycles. The standard InChI is InChI=1S/C8H8O2.C3H4O2/c1-10-8(9)7-5-3-2-4-6-7;1-2-3(4)5/h2-6H,1H3;2H,1H2,(H,4,5). The smallest absolute Gasteiger partial charge is 0.337 e. The van der Waals surface area contributed by atoms with E-state index in [-0.39, 0.29) is 5.97 Å². The topological polar surface area (TPSA) is 63.6 Å². The van der Waals surface area contributed by atoms with Crippen molar-refractivity contribution in [2.24, 2.45) is 0 Å². The van der Waals surface area contributed by atoms with E-state index in [2.05, 4.69) is 11.3 Å².